The van der Waals surface area contributed by atoms with Crippen LogP contribution in [0.5, 0.6) is 0 Å². The first kappa shape index (κ1) is 24.7. The highest BCUT2D eigenvalue weighted by Gasteiger charge is 2.24. The van der Waals surface area contributed by atoms with Crippen LogP contribution in [0.2, 0.25) is 0 Å². The molecule has 0 radical (unpaired) electrons. The molecule has 0 atom stereocenters. The zero-order chi connectivity index (χ0) is 26.2. The van der Waals surface area contributed by atoms with Gasteiger partial charge < -0.3 is 4.42 Å². The van der Waals surface area contributed by atoms with Crippen LogP contribution in [0, 0.1) is 19.7 Å². The highest BCUT2D eigenvalue weighted by molar-refractivity contribution is 7.92. The second kappa shape index (κ2) is 9.79. The van der Waals surface area contributed by atoms with Crippen LogP contribution in [0.1, 0.15) is 27.2 Å². The topological polar surface area (TPSA) is 92.5 Å². The summed E-state index contributed by atoms with van der Waals surface area (Å²) in [6.45, 7) is 4.17. The number of carbonyl (C=O) groups is 1. The van der Waals surface area contributed by atoms with E-state index in [2.05, 4.69) is 4.72 Å². The minimum Gasteiger partial charge on any atom is -0.467 e. The first-order valence-corrected chi connectivity index (χ1v) is 13.6. The quantitative estimate of drug-likeness (QED) is 0.264. The molecule has 2 heterocycles. The molecule has 1 N–H and O–H groups in total. The highest BCUT2D eigenvalue weighted by Crippen LogP contribution is 2.34. The lowest BCUT2D eigenvalue weighted by Gasteiger charge is -2.19. The Bertz CT molecular complexity index is 1640. The van der Waals surface area contributed by atoms with Crippen LogP contribution in [0.15, 0.2) is 88.4 Å². The van der Waals surface area contributed by atoms with E-state index < -0.39 is 15.8 Å². The summed E-state index contributed by atoms with van der Waals surface area (Å²) in [7, 11) is -3.91. The summed E-state index contributed by atoms with van der Waals surface area (Å²) in [5.41, 5.74) is 3.57. The number of fused-ring (bicyclic) bond motifs is 1. The second-order valence-electron chi connectivity index (χ2n) is 8.48. The van der Waals surface area contributed by atoms with E-state index in [4.69, 9.17) is 9.40 Å². The van der Waals surface area contributed by atoms with E-state index in [1.54, 1.807) is 35.4 Å². The second-order valence-corrected chi connectivity index (χ2v) is 11.1. The van der Waals surface area contributed by atoms with Gasteiger partial charge in [-0.1, -0.05) is 23.5 Å². The number of amides is 1. The van der Waals surface area contributed by atoms with Crippen molar-refractivity contribution in [3.05, 3.63) is 107 Å². The van der Waals surface area contributed by atoms with Crippen LogP contribution in [0.25, 0.3) is 10.2 Å². The smallest absolute Gasteiger partial charge is 0.261 e. The molecule has 0 aliphatic rings. The van der Waals surface area contributed by atoms with Crippen molar-refractivity contribution < 1.29 is 22.0 Å². The number of thiazole rings is 1. The molecule has 0 aliphatic heterocycles. The molecule has 0 saturated carbocycles. The van der Waals surface area contributed by atoms with Gasteiger partial charge in [0.25, 0.3) is 15.9 Å². The minimum absolute atomic E-state index is 0.0694. The average molecular weight is 536 g/mol. The zero-order valence-electron chi connectivity index (χ0n) is 19.9. The molecule has 37 heavy (non-hydrogen) atoms. The number of nitrogens with one attached hydrogen (secondary N) is 1. The number of hydrogen-bond acceptors (Lipinski definition) is 6. The predicted molar refractivity (Wildman–Crippen MR) is 142 cm³/mol. The maximum absolute atomic E-state index is 13.6. The number of hydrogen-bond donors (Lipinski definition) is 1. The van der Waals surface area contributed by atoms with Gasteiger partial charge in [-0.15, -0.1) is 0 Å². The predicted octanol–water partition coefficient (Wildman–Crippen LogP) is 6.29. The molecule has 10 heteroatoms. The van der Waals surface area contributed by atoms with Gasteiger partial charge in [-0.2, -0.15) is 0 Å². The summed E-state index contributed by atoms with van der Waals surface area (Å²) in [5, 5.41) is 0.537. The van der Waals surface area contributed by atoms with Crippen molar-refractivity contribution in [3.63, 3.8) is 0 Å². The normalized spacial score (nSPS) is 11.5. The lowest BCUT2D eigenvalue weighted by atomic mass is 10.1. The Kier molecular flexibility index (Phi) is 6.53. The largest absolute Gasteiger partial charge is 0.467 e. The van der Waals surface area contributed by atoms with Gasteiger partial charge in [-0.3, -0.25) is 14.4 Å². The van der Waals surface area contributed by atoms with Crippen molar-refractivity contribution in [1.29, 1.82) is 0 Å². The van der Waals surface area contributed by atoms with Crippen LogP contribution in [0.4, 0.5) is 15.2 Å². The van der Waals surface area contributed by atoms with E-state index in [1.165, 1.54) is 35.6 Å². The van der Waals surface area contributed by atoms with E-state index in [0.717, 1.165) is 33.5 Å². The SMILES string of the molecule is Cc1ccc(C)c2sc(N(Cc3ccco3)C(=O)c3ccc(NS(=O)(=O)c4ccc(F)cc4)cc3)nc12. The van der Waals surface area contributed by atoms with Gasteiger partial charge in [0.1, 0.15) is 11.6 Å². The van der Waals surface area contributed by atoms with Crippen LogP contribution >= 0.6 is 11.3 Å². The van der Waals surface area contributed by atoms with Crippen molar-refractivity contribution in [3.8, 4) is 0 Å². The highest BCUT2D eigenvalue weighted by atomic mass is 32.2. The molecular weight excluding hydrogens is 513 g/mol. The number of furan rings is 1. The molecular formula is C27H22FN3O4S2. The van der Waals surface area contributed by atoms with E-state index in [1.807, 2.05) is 26.0 Å². The molecule has 5 aromatic rings. The number of benzene rings is 3. The summed E-state index contributed by atoms with van der Waals surface area (Å²) in [6.07, 6.45) is 1.55. The third kappa shape index (κ3) is 5.11. The van der Waals surface area contributed by atoms with Crippen LogP contribution in [-0.2, 0) is 16.6 Å². The van der Waals surface area contributed by atoms with Gasteiger partial charge in [-0.25, -0.2) is 17.8 Å². The van der Waals surface area contributed by atoms with E-state index in [-0.39, 0.29) is 23.0 Å². The van der Waals surface area contributed by atoms with Crippen LogP contribution < -0.4 is 9.62 Å². The Balaban J connectivity index is 1.44. The molecule has 3 aromatic carbocycles. The fraction of sp³-hybridized carbons (Fsp3) is 0.111. The Labute approximate surface area is 217 Å². The Morgan fingerprint density at radius 3 is 2.35 bits per heavy atom. The average Bonchev–Trinajstić information content (AvgIpc) is 3.56. The first-order valence-electron chi connectivity index (χ1n) is 11.3. The summed E-state index contributed by atoms with van der Waals surface area (Å²) in [5.74, 6) is -0.234. The lowest BCUT2D eigenvalue weighted by Crippen LogP contribution is -2.30. The van der Waals surface area contributed by atoms with E-state index in [0.29, 0.717) is 16.5 Å². The van der Waals surface area contributed by atoms with Gasteiger partial charge in [0.15, 0.2) is 5.13 Å². The maximum atomic E-state index is 13.6. The Morgan fingerprint density at radius 1 is 1.00 bits per heavy atom. The number of halogens is 1. The molecule has 0 aliphatic carbocycles. The molecule has 1 amide bonds. The Hall–Kier alpha value is -4.02. The fourth-order valence-corrected chi connectivity index (χ4v) is 5.98. The third-order valence-electron chi connectivity index (χ3n) is 5.81. The zero-order valence-corrected chi connectivity index (χ0v) is 21.6. The standard InChI is InChI=1S/C27H22FN3O4S2/c1-17-5-6-18(2)25-24(17)29-27(36-25)31(16-22-4-3-15-35-22)26(32)19-7-11-21(12-8-19)30-37(33,34)23-13-9-20(28)10-14-23/h3-15,30H,16H2,1-2H3. The summed E-state index contributed by atoms with van der Waals surface area (Å²) >= 11 is 1.43. The van der Waals surface area contributed by atoms with Gasteiger partial charge in [0, 0.05) is 11.3 Å². The van der Waals surface area contributed by atoms with Crippen molar-refractivity contribution in [2.24, 2.45) is 0 Å². The number of aryl methyl sites for hydroxylation is 2. The van der Waals surface area contributed by atoms with Crippen LogP contribution in [0.3, 0.4) is 0 Å². The number of carbonyl (C=O) groups excluding carboxylic acids is 1. The number of rotatable bonds is 7. The lowest BCUT2D eigenvalue weighted by molar-refractivity contribution is 0.0983. The molecule has 0 unspecified atom stereocenters. The third-order valence-corrected chi connectivity index (χ3v) is 8.42. The number of sulfonamides is 1. The monoisotopic (exact) mass is 535 g/mol. The van der Waals surface area contributed by atoms with Crippen molar-refractivity contribution >= 4 is 48.3 Å². The molecule has 2 aromatic heterocycles. The van der Waals surface area contributed by atoms with Crippen LogP contribution in [-0.4, -0.2) is 19.3 Å². The van der Waals surface area contributed by atoms with Crippen molar-refractivity contribution in [2.45, 2.75) is 25.3 Å². The fourth-order valence-electron chi connectivity index (χ4n) is 3.81. The molecule has 0 spiro atoms. The maximum Gasteiger partial charge on any atom is 0.261 e. The number of nitrogens with zero attached hydrogens (tertiary/aromatic N) is 2. The Morgan fingerprint density at radius 2 is 1.70 bits per heavy atom. The first-order chi connectivity index (χ1) is 17.7. The molecule has 5 rings (SSSR count). The van der Waals surface area contributed by atoms with Gasteiger partial charge in [-0.05, 0) is 85.6 Å². The summed E-state index contributed by atoms with van der Waals surface area (Å²) in [4.78, 5) is 19.9. The number of aromatic nitrogens is 1. The summed E-state index contributed by atoms with van der Waals surface area (Å²) < 4.78 is 47.4. The molecule has 0 bridgehead atoms. The molecule has 0 saturated heterocycles. The van der Waals surface area contributed by atoms with Gasteiger partial charge >= 0.3 is 0 Å². The van der Waals surface area contributed by atoms with E-state index >= 15 is 0 Å². The van der Waals surface area contributed by atoms with Gasteiger partial charge in [0.05, 0.1) is 27.9 Å². The number of anilines is 2. The summed E-state index contributed by atoms with van der Waals surface area (Å²) in [6, 6.07) is 18.2. The molecule has 188 valence electrons. The molecule has 7 nitrogen and oxygen atoms in total. The van der Waals surface area contributed by atoms with Gasteiger partial charge in [0.2, 0.25) is 0 Å². The van der Waals surface area contributed by atoms with Crippen molar-refractivity contribution in [2.75, 3.05) is 9.62 Å². The minimum atomic E-state index is -3.91. The molecule has 0 fully saturated rings. The van der Waals surface area contributed by atoms with E-state index in [9.17, 15) is 17.6 Å². The van der Waals surface area contributed by atoms with Crippen molar-refractivity contribution in [1.82, 2.24) is 4.98 Å².